The summed E-state index contributed by atoms with van der Waals surface area (Å²) < 4.78 is 8.28. The first-order valence-electron chi connectivity index (χ1n) is 4.63. The van der Waals surface area contributed by atoms with Gasteiger partial charge in [-0.2, -0.15) is 0 Å². The lowest BCUT2D eigenvalue weighted by Crippen LogP contribution is -2.10. The molecule has 0 aliphatic rings. The van der Waals surface area contributed by atoms with Crippen molar-refractivity contribution in [3.63, 3.8) is 0 Å². The molecule has 21 heavy (non-hydrogen) atoms. The van der Waals surface area contributed by atoms with Crippen molar-refractivity contribution in [3.8, 4) is 0 Å². The summed E-state index contributed by atoms with van der Waals surface area (Å²) in [6.07, 6.45) is 0. The molecule has 0 aromatic carbocycles. The van der Waals surface area contributed by atoms with E-state index in [1.165, 1.54) is 5.43 Å². The number of azo groups is 1. The van der Waals surface area contributed by atoms with E-state index in [1.54, 1.807) is 5.43 Å². The highest BCUT2D eigenvalue weighted by atomic mass is 16.7. The topological polar surface area (TPSA) is 227 Å². The highest BCUT2D eigenvalue weighted by Crippen LogP contribution is 2.24. The summed E-state index contributed by atoms with van der Waals surface area (Å²) in [6, 6.07) is 0. The van der Waals surface area contributed by atoms with E-state index in [2.05, 4.69) is 35.0 Å². The van der Waals surface area contributed by atoms with Gasteiger partial charge in [0.05, 0.1) is 0 Å². The van der Waals surface area contributed by atoms with Crippen molar-refractivity contribution < 1.29 is 24.2 Å². The first kappa shape index (κ1) is 13.5. The van der Waals surface area contributed by atoms with Gasteiger partial charge in [0, 0.05) is 5.16 Å². The maximum atomic E-state index is 11.6. The Hall–Kier alpha value is -3.92. The number of hydrogen-bond donors (Lipinski definition) is 2. The molecule has 0 saturated carbocycles. The predicted octanol–water partition coefficient (Wildman–Crippen LogP) is -0.415. The van der Waals surface area contributed by atoms with Gasteiger partial charge in [0.2, 0.25) is 0 Å². The van der Waals surface area contributed by atoms with E-state index in [4.69, 9.17) is 0 Å². The average molecular weight is 302 g/mol. The second-order valence-electron chi connectivity index (χ2n) is 2.98. The Morgan fingerprint density at radius 3 is 2.14 bits per heavy atom. The average Bonchev–Trinajstić information content (AvgIpc) is 2.98. The summed E-state index contributed by atoms with van der Waals surface area (Å²) in [6.45, 7) is 0. The van der Waals surface area contributed by atoms with Crippen molar-refractivity contribution in [1.82, 2.24) is 20.6 Å². The maximum Gasteiger partial charge on any atom is 0.448 e. The fourth-order valence-corrected chi connectivity index (χ4v) is 1.01. The zero-order chi connectivity index (χ0) is 15.4. The highest BCUT2D eigenvalue weighted by Gasteiger charge is 2.26. The summed E-state index contributed by atoms with van der Waals surface area (Å²) in [5.74, 6) is -2.53. The van der Waals surface area contributed by atoms with E-state index in [1.807, 2.05) is 0 Å². The van der Waals surface area contributed by atoms with Crippen LogP contribution in [0.25, 0.3) is 0 Å². The minimum absolute atomic E-state index is 0.285. The van der Waals surface area contributed by atoms with E-state index in [9.17, 15) is 25.4 Å². The molecule has 17 nitrogen and oxygen atoms in total. The Morgan fingerprint density at radius 2 is 1.48 bits per heavy atom. The number of nitrogens with zero attached hydrogens (tertiary/aromatic N) is 8. The zero-order valence-corrected chi connectivity index (χ0v) is 9.44. The van der Waals surface area contributed by atoms with Crippen LogP contribution in [0, 0.1) is 25.4 Å². The molecule has 0 spiro atoms. The lowest BCUT2D eigenvalue weighted by molar-refractivity contribution is -0.454. The smallest absolute Gasteiger partial charge is 0.448 e. The molecular formula is C4H2N10O7. The molecule has 2 heterocycles. The minimum Gasteiger partial charge on any atom is -0.690 e. The molecule has 0 atom stereocenters. The largest absolute Gasteiger partial charge is 0.690 e. The third kappa shape index (κ3) is 3.10. The van der Waals surface area contributed by atoms with Crippen LogP contribution < -0.4 is 10.9 Å². The van der Waals surface area contributed by atoms with Crippen LogP contribution in [0.1, 0.15) is 0 Å². The van der Waals surface area contributed by atoms with Crippen LogP contribution >= 0.6 is 0 Å². The van der Waals surface area contributed by atoms with E-state index in [-0.39, 0.29) is 4.86 Å². The quantitative estimate of drug-likeness (QED) is 0.299. The van der Waals surface area contributed by atoms with Crippen LogP contribution in [-0.2, 0) is 0 Å². The fourth-order valence-electron chi connectivity index (χ4n) is 1.01. The van der Waals surface area contributed by atoms with E-state index >= 15 is 0 Å². The number of hydrazine groups is 2. The third-order valence-corrected chi connectivity index (χ3v) is 1.70. The van der Waals surface area contributed by atoms with Gasteiger partial charge in [-0.1, -0.05) is 16.0 Å². The first-order valence-corrected chi connectivity index (χ1v) is 4.63. The molecule has 0 radical (unpaired) electrons. The monoisotopic (exact) mass is 302 g/mol. The molecule has 2 aromatic heterocycles. The van der Waals surface area contributed by atoms with Crippen molar-refractivity contribution >= 4 is 23.3 Å². The van der Waals surface area contributed by atoms with Gasteiger partial charge >= 0.3 is 11.6 Å². The van der Waals surface area contributed by atoms with Crippen molar-refractivity contribution in [3.05, 3.63) is 25.4 Å². The molecule has 2 rings (SSSR count). The van der Waals surface area contributed by atoms with Crippen LogP contribution in [0.4, 0.5) is 23.3 Å². The van der Waals surface area contributed by atoms with Gasteiger partial charge in [-0.05, 0) is 10.3 Å². The molecule has 0 unspecified atom stereocenters. The van der Waals surface area contributed by atoms with E-state index < -0.39 is 33.3 Å². The van der Waals surface area contributed by atoms with Gasteiger partial charge in [-0.3, -0.25) is 0 Å². The molecule has 0 aliphatic carbocycles. The van der Waals surface area contributed by atoms with Crippen LogP contribution in [0.3, 0.4) is 0 Å². The van der Waals surface area contributed by atoms with Crippen molar-refractivity contribution in [2.45, 2.75) is 0 Å². The lowest BCUT2D eigenvalue weighted by atomic mass is 10.6. The van der Waals surface area contributed by atoms with Gasteiger partial charge in [-0.25, -0.2) is 24.9 Å². The van der Waals surface area contributed by atoms with Crippen molar-refractivity contribution in [1.29, 1.82) is 0 Å². The number of nitrogens with one attached hydrogen (secondary N) is 2. The van der Waals surface area contributed by atoms with E-state index in [0.29, 0.717) is 0 Å². The molecule has 0 amide bonds. The summed E-state index contributed by atoms with van der Waals surface area (Å²) >= 11 is 0. The summed E-state index contributed by atoms with van der Waals surface area (Å²) in [4.78, 5) is 20.2. The molecule has 2 N–H and O–H groups in total. The first-order chi connectivity index (χ1) is 9.97. The summed E-state index contributed by atoms with van der Waals surface area (Å²) in [5, 5.41) is 45.6. The number of nitro groups is 2. The third-order valence-electron chi connectivity index (χ3n) is 1.70. The molecule has 17 heteroatoms. The minimum atomic E-state index is -1.02. The standard InChI is InChI=1S/C4H2N10O7/c15-12(4-3(7-14(18)19)10-21-11-4)5-1-2(6-13(16)17)9-20-8-1/h(H,6,9)(H,7,10). The van der Waals surface area contributed by atoms with Gasteiger partial charge in [0.1, 0.15) is 0 Å². The van der Waals surface area contributed by atoms with Crippen molar-refractivity contribution in [2.24, 2.45) is 5.11 Å². The van der Waals surface area contributed by atoms with Crippen molar-refractivity contribution in [2.75, 3.05) is 10.9 Å². The number of hydrogen-bond acceptors (Lipinski definition) is 12. The Bertz CT molecular complexity index is 702. The van der Waals surface area contributed by atoms with Crippen LogP contribution in [0.2, 0.25) is 0 Å². The van der Waals surface area contributed by atoms with Gasteiger partial charge in [0.15, 0.2) is 15.2 Å². The Labute approximate surface area is 111 Å². The zero-order valence-electron chi connectivity index (χ0n) is 9.44. The van der Waals surface area contributed by atoms with Crippen LogP contribution in [0.5, 0.6) is 0 Å². The molecule has 0 fully saturated rings. The van der Waals surface area contributed by atoms with Gasteiger partial charge < -0.3 is 5.21 Å². The van der Waals surface area contributed by atoms with Crippen LogP contribution in [-0.4, -0.2) is 35.6 Å². The molecular weight excluding hydrogens is 300 g/mol. The summed E-state index contributed by atoms with van der Waals surface area (Å²) in [5.41, 5.74) is 3.09. The maximum absolute atomic E-state index is 11.6. The lowest BCUT2D eigenvalue weighted by Gasteiger charge is -1.98. The molecule has 0 saturated heterocycles. The number of anilines is 2. The van der Waals surface area contributed by atoms with E-state index in [0.717, 1.165) is 0 Å². The predicted molar refractivity (Wildman–Crippen MR) is 55.2 cm³/mol. The fraction of sp³-hybridized carbons (Fsp3) is 0. The Balaban J connectivity index is 2.29. The number of rotatable bonds is 6. The highest BCUT2D eigenvalue weighted by molar-refractivity contribution is 5.51. The Kier molecular flexibility index (Phi) is 3.46. The van der Waals surface area contributed by atoms with Gasteiger partial charge in [-0.15, -0.1) is 9.49 Å². The molecule has 110 valence electrons. The normalized spacial score (nSPS) is 11.1. The number of aromatic nitrogens is 4. The molecule has 0 bridgehead atoms. The second-order valence-corrected chi connectivity index (χ2v) is 2.98. The molecule has 2 aromatic rings. The van der Waals surface area contributed by atoms with Crippen LogP contribution in [0.15, 0.2) is 14.4 Å². The second kappa shape index (κ2) is 5.38. The Morgan fingerprint density at radius 1 is 0.905 bits per heavy atom. The molecule has 0 aliphatic heterocycles. The van der Waals surface area contributed by atoms with Gasteiger partial charge in [0.25, 0.3) is 11.6 Å². The summed E-state index contributed by atoms with van der Waals surface area (Å²) in [7, 11) is 0. The SMILES string of the molecule is O=[N+]([O-])Nc1nonc1N=[N+]([O-])c1nonc1N[N+](=O)[O-].